The number of thioether (sulfide) groups is 1. The van der Waals surface area contributed by atoms with E-state index in [0.29, 0.717) is 26.4 Å². The summed E-state index contributed by atoms with van der Waals surface area (Å²) in [6.07, 6.45) is -1.11. The van der Waals surface area contributed by atoms with Crippen LogP contribution >= 0.6 is 46.6 Å². The maximum absolute atomic E-state index is 14.3. The Morgan fingerprint density at radius 2 is 1.82 bits per heavy atom. The largest absolute Gasteiger partial charge is 0.467 e. The number of carbonyl (C=O) groups excluding carboxylic acids is 1. The van der Waals surface area contributed by atoms with Crippen molar-refractivity contribution in [3.05, 3.63) is 105 Å². The third kappa shape index (κ3) is 6.82. The first-order valence-corrected chi connectivity index (χ1v) is 15.3. The van der Waals surface area contributed by atoms with E-state index in [1.807, 2.05) is 30.3 Å². The Balaban J connectivity index is 1.46. The summed E-state index contributed by atoms with van der Waals surface area (Å²) in [7, 11) is 1.24. The molecular formula is C30H22Cl3F2N3O6S. The van der Waals surface area contributed by atoms with Gasteiger partial charge >= 0.3 is 5.97 Å². The van der Waals surface area contributed by atoms with Gasteiger partial charge in [0.15, 0.2) is 5.76 Å². The van der Waals surface area contributed by atoms with Crippen molar-refractivity contribution < 1.29 is 37.3 Å². The van der Waals surface area contributed by atoms with Crippen molar-refractivity contribution in [2.45, 2.75) is 28.8 Å². The summed E-state index contributed by atoms with van der Waals surface area (Å²) in [5.74, 6) is -2.24. The van der Waals surface area contributed by atoms with Crippen LogP contribution in [0.1, 0.15) is 11.9 Å². The van der Waals surface area contributed by atoms with Gasteiger partial charge in [0.1, 0.15) is 52.3 Å². The SMILES string of the molecule is COC(=O)COC1C(n2cc(-c3cc(F)c(Cl)c(F)c3)nn2)=C2OC(c3ccccc3)OCC2O[C@@H]1Sc1ccc(Cl)c(Cl)c1. The van der Waals surface area contributed by atoms with Gasteiger partial charge < -0.3 is 23.7 Å². The maximum atomic E-state index is 14.3. The Labute approximate surface area is 274 Å². The lowest BCUT2D eigenvalue weighted by Gasteiger charge is -2.42. The highest BCUT2D eigenvalue weighted by Crippen LogP contribution is 2.44. The van der Waals surface area contributed by atoms with Crippen LogP contribution < -0.4 is 0 Å². The topological polar surface area (TPSA) is 93.9 Å². The quantitative estimate of drug-likeness (QED) is 0.140. The van der Waals surface area contributed by atoms with Gasteiger partial charge in [-0.05, 0) is 30.3 Å². The van der Waals surface area contributed by atoms with Crippen molar-refractivity contribution >= 4 is 58.2 Å². The van der Waals surface area contributed by atoms with Crippen LogP contribution in [0.15, 0.2) is 77.5 Å². The number of aromatic nitrogens is 3. The van der Waals surface area contributed by atoms with Gasteiger partial charge in [-0.25, -0.2) is 18.3 Å². The number of methoxy groups -OCH3 is 1. The zero-order valence-corrected chi connectivity index (χ0v) is 26.2. The van der Waals surface area contributed by atoms with Gasteiger partial charge in [-0.15, -0.1) is 5.10 Å². The first-order valence-electron chi connectivity index (χ1n) is 13.3. The molecule has 1 aromatic heterocycles. The second kappa shape index (κ2) is 13.6. The molecule has 1 saturated heterocycles. The minimum absolute atomic E-state index is 0.0930. The Morgan fingerprint density at radius 3 is 2.53 bits per heavy atom. The number of benzene rings is 3. The number of hydrogen-bond donors (Lipinski definition) is 0. The van der Waals surface area contributed by atoms with Crippen LogP contribution in [0.5, 0.6) is 0 Å². The van der Waals surface area contributed by atoms with E-state index in [9.17, 15) is 13.6 Å². The molecule has 1 fully saturated rings. The average Bonchev–Trinajstić information content (AvgIpc) is 3.54. The molecule has 6 rings (SSSR count). The molecule has 0 radical (unpaired) electrons. The van der Waals surface area contributed by atoms with Crippen LogP contribution in [0, 0.1) is 11.6 Å². The molecule has 0 saturated carbocycles. The Morgan fingerprint density at radius 1 is 1.07 bits per heavy atom. The molecule has 0 spiro atoms. The summed E-state index contributed by atoms with van der Waals surface area (Å²) in [5, 5.41) is 8.49. The van der Waals surface area contributed by atoms with Gasteiger partial charge in [-0.3, -0.25) is 0 Å². The molecule has 234 valence electrons. The van der Waals surface area contributed by atoms with Gasteiger partial charge in [-0.1, -0.05) is 82.1 Å². The summed E-state index contributed by atoms with van der Waals surface area (Å²) in [4.78, 5) is 12.9. The third-order valence-electron chi connectivity index (χ3n) is 6.84. The van der Waals surface area contributed by atoms with Crippen LogP contribution in [-0.4, -0.2) is 58.9 Å². The van der Waals surface area contributed by atoms with E-state index >= 15 is 0 Å². The number of ether oxygens (including phenoxy) is 5. The van der Waals surface area contributed by atoms with Crippen molar-refractivity contribution in [3.63, 3.8) is 0 Å². The Hall–Kier alpha value is -3.23. The molecule has 2 aliphatic heterocycles. The predicted molar refractivity (Wildman–Crippen MR) is 163 cm³/mol. The third-order valence-corrected chi connectivity index (χ3v) is 9.05. The lowest BCUT2D eigenvalue weighted by atomic mass is 10.1. The molecule has 3 aromatic carbocycles. The monoisotopic (exact) mass is 695 g/mol. The number of carbonyl (C=O) groups is 1. The van der Waals surface area contributed by atoms with E-state index in [1.54, 1.807) is 18.2 Å². The number of rotatable bonds is 8. The highest BCUT2D eigenvalue weighted by atomic mass is 35.5. The number of halogens is 5. The smallest absolute Gasteiger partial charge is 0.331 e. The van der Waals surface area contributed by atoms with Gasteiger partial charge in [0, 0.05) is 16.0 Å². The van der Waals surface area contributed by atoms with Crippen LogP contribution in [0.3, 0.4) is 0 Å². The fourth-order valence-electron chi connectivity index (χ4n) is 4.69. The molecule has 0 aliphatic carbocycles. The molecule has 0 N–H and O–H groups in total. The molecule has 2 aliphatic rings. The van der Waals surface area contributed by atoms with Crippen molar-refractivity contribution in [2.24, 2.45) is 0 Å². The van der Waals surface area contributed by atoms with Crippen molar-refractivity contribution in [1.82, 2.24) is 15.0 Å². The molecule has 4 atom stereocenters. The second-order valence-electron chi connectivity index (χ2n) is 9.74. The minimum atomic E-state index is -1.02. The van der Waals surface area contributed by atoms with Crippen LogP contribution in [0.25, 0.3) is 17.0 Å². The minimum Gasteiger partial charge on any atom is -0.467 e. The van der Waals surface area contributed by atoms with Crippen LogP contribution in [0.2, 0.25) is 15.1 Å². The molecule has 3 heterocycles. The standard InChI is InChI=1S/C30H22Cl3F2N3O6S/c1-40-24(39)14-41-28-26(38-12-22(36-37-38)16-9-20(34)25(33)21(35)10-16)27-23(13-42-29(44-27)15-5-3-2-4-6-15)43-30(28)45-17-7-8-18(31)19(32)11-17/h2-12,23,28-30H,13-14H2,1H3/t23?,28?,29?,30-/m1/s1. The van der Waals surface area contributed by atoms with E-state index < -0.39 is 53.2 Å². The summed E-state index contributed by atoms with van der Waals surface area (Å²) in [5.41, 5.74) is 0.486. The molecule has 0 amide bonds. The zero-order chi connectivity index (χ0) is 31.7. The van der Waals surface area contributed by atoms with E-state index in [1.165, 1.54) is 29.8 Å². The number of fused-ring (bicyclic) bond motifs is 1. The van der Waals surface area contributed by atoms with Crippen molar-refractivity contribution in [2.75, 3.05) is 20.3 Å². The summed E-state index contributed by atoms with van der Waals surface area (Å²) in [6, 6.07) is 16.4. The van der Waals surface area contributed by atoms with Gasteiger partial charge in [0.25, 0.3) is 0 Å². The van der Waals surface area contributed by atoms with E-state index in [0.717, 1.165) is 17.7 Å². The fourth-order valence-corrected chi connectivity index (χ4v) is 6.28. The fraction of sp³-hybridized carbons (Fsp3) is 0.233. The Kier molecular flexibility index (Phi) is 9.62. The zero-order valence-electron chi connectivity index (χ0n) is 23.2. The predicted octanol–water partition coefficient (Wildman–Crippen LogP) is 7.17. The van der Waals surface area contributed by atoms with Gasteiger partial charge in [0.2, 0.25) is 6.29 Å². The normalized spacial score (nSPS) is 21.3. The molecule has 9 nitrogen and oxygen atoms in total. The first kappa shape index (κ1) is 31.7. The van der Waals surface area contributed by atoms with Gasteiger partial charge in [-0.2, -0.15) is 0 Å². The second-order valence-corrected chi connectivity index (χ2v) is 12.1. The molecule has 45 heavy (non-hydrogen) atoms. The lowest BCUT2D eigenvalue weighted by Crippen LogP contribution is -2.47. The Bertz CT molecular complexity index is 1740. The van der Waals surface area contributed by atoms with E-state index in [-0.39, 0.29) is 17.9 Å². The van der Waals surface area contributed by atoms with Crippen molar-refractivity contribution in [1.29, 1.82) is 0 Å². The summed E-state index contributed by atoms with van der Waals surface area (Å²) >= 11 is 19.3. The molecule has 0 bridgehead atoms. The van der Waals surface area contributed by atoms with Crippen LogP contribution in [-0.2, 0) is 28.5 Å². The van der Waals surface area contributed by atoms with Gasteiger partial charge in [0.05, 0.1) is 30.0 Å². The van der Waals surface area contributed by atoms with Crippen LogP contribution in [0.4, 0.5) is 8.78 Å². The number of esters is 1. The average molecular weight is 697 g/mol. The molecular weight excluding hydrogens is 675 g/mol. The summed E-state index contributed by atoms with van der Waals surface area (Å²) in [6.45, 7) is -0.353. The molecule has 4 aromatic rings. The number of nitrogens with zero attached hydrogens (tertiary/aromatic N) is 3. The lowest BCUT2D eigenvalue weighted by molar-refractivity contribution is -0.211. The molecule has 15 heteroatoms. The summed E-state index contributed by atoms with van der Waals surface area (Å²) < 4.78 is 59.8. The van der Waals surface area contributed by atoms with Crippen molar-refractivity contribution in [3.8, 4) is 11.3 Å². The maximum Gasteiger partial charge on any atom is 0.331 e. The first-order chi connectivity index (χ1) is 21.7. The number of hydrogen-bond acceptors (Lipinski definition) is 9. The molecule has 3 unspecified atom stereocenters. The highest BCUT2D eigenvalue weighted by Gasteiger charge is 2.46. The highest BCUT2D eigenvalue weighted by molar-refractivity contribution is 7.99. The van der Waals surface area contributed by atoms with E-state index in [4.69, 9.17) is 58.5 Å². The van der Waals surface area contributed by atoms with E-state index in [2.05, 4.69) is 10.3 Å².